The second-order valence-electron chi connectivity index (χ2n) is 4.34. The quantitative estimate of drug-likeness (QED) is 0.859. The third kappa shape index (κ3) is 4.61. The fourth-order valence-electron chi connectivity index (χ4n) is 1.66. The average molecular weight is 306 g/mol. The predicted octanol–water partition coefficient (Wildman–Crippen LogP) is 3.56. The van der Waals surface area contributed by atoms with Crippen LogP contribution < -0.4 is 10.5 Å². The highest BCUT2D eigenvalue weighted by Crippen LogP contribution is 2.26. The Bertz CT molecular complexity index is 668. The van der Waals surface area contributed by atoms with Crippen molar-refractivity contribution in [1.29, 1.82) is 0 Å². The molecule has 0 heterocycles. The molecule has 0 aliphatic heterocycles. The number of nitrogens with two attached hydrogens (primary N) is 1. The first-order valence-electron chi connectivity index (χ1n) is 6.19. The van der Waals surface area contributed by atoms with Gasteiger partial charge in [-0.15, -0.1) is 0 Å². The molecular weight excluding hydrogens is 293 g/mol. The Balaban J connectivity index is 2.04. The highest BCUT2D eigenvalue weighted by atomic mass is 35.5. The van der Waals surface area contributed by atoms with Gasteiger partial charge in [-0.05, 0) is 41.5 Å². The summed E-state index contributed by atoms with van der Waals surface area (Å²) in [5.74, 6) is -0.303. The maximum absolute atomic E-state index is 12.8. The van der Waals surface area contributed by atoms with Crippen molar-refractivity contribution in [3.05, 3.63) is 70.5 Å². The maximum atomic E-state index is 12.8. The van der Waals surface area contributed by atoms with Crippen molar-refractivity contribution in [2.24, 2.45) is 5.73 Å². The van der Waals surface area contributed by atoms with E-state index in [2.05, 4.69) is 0 Å². The minimum atomic E-state index is -0.525. The van der Waals surface area contributed by atoms with Crippen LogP contribution >= 0.6 is 11.6 Å². The minimum absolute atomic E-state index is 0.288. The van der Waals surface area contributed by atoms with E-state index < -0.39 is 5.91 Å². The lowest BCUT2D eigenvalue weighted by molar-refractivity contribution is -0.113. The summed E-state index contributed by atoms with van der Waals surface area (Å²) in [5, 5.41) is 0.420. The number of carbonyl (C=O) groups is 1. The number of primary amides is 1. The molecule has 0 aliphatic carbocycles. The number of hydrogen-bond acceptors (Lipinski definition) is 2. The summed E-state index contributed by atoms with van der Waals surface area (Å²) in [7, 11) is 0. The van der Waals surface area contributed by atoms with E-state index in [-0.39, 0.29) is 12.4 Å². The van der Waals surface area contributed by atoms with Crippen LogP contribution in [0.1, 0.15) is 11.1 Å². The molecule has 0 saturated carbocycles. The Morgan fingerprint density at radius 2 is 1.95 bits per heavy atom. The summed E-state index contributed by atoms with van der Waals surface area (Å²) in [6, 6.07) is 11.2. The van der Waals surface area contributed by atoms with Crippen LogP contribution in [-0.2, 0) is 11.4 Å². The van der Waals surface area contributed by atoms with Crippen molar-refractivity contribution in [3.63, 3.8) is 0 Å². The minimum Gasteiger partial charge on any atom is -0.487 e. The van der Waals surface area contributed by atoms with Gasteiger partial charge >= 0.3 is 0 Å². The van der Waals surface area contributed by atoms with Crippen molar-refractivity contribution in [2.75, 3.05) is 0 Å². The smallest absolute Gasteiger partial charge is 0.241 e. The first-order chi connectivity index (χ1) is 10.0. The highest BCUT2D eigenvalue weighted by molar-refractivity contribution is 6.32. The van der Waals surface area contributed by atoms with Crippen LogP contribution in [0.25, 0.3) is 6.08 Å². The normalized spacial score (nSPS) is 10.8. The molecule has 0 bridgehead atoms. The van der Waals surface area contributed by atoms with Crippen LogP contribution in [0.2, 0.25) is 5.02 Å². The average Bonchev–Trinajstić information content (AvgIpc) is 2.46. The fraction of sp³-hybridized carbons (Fsp3) is 0.0625. The monoisotopic (exact) mass is 305 g/mol. The lowest BCUT2D eigenvalue weighted by atomic mass is 10.2. The molecule has 0 unspecified atom stereocenters. The van der Waals surface area contributed by atoms with Crippen molar-refractivity contribution < 1.29 is 13.9 Å². The van der Waals surface area contributed by atoms with E-state index in [9.17, 15) is 9.18 Å². The third-order valence-electron chi connectivity index (χ3n) is 2.70. The van der Waals surface area contributed by atoms with E-state index in [1.54, 1.807) is 36.4 Å². The Kier molecular flexibility index (Phi) is 4.95. The summed E-state index contributed by atoms with van der Waals surface area (Å²) in [5.41, 5.74) is 6.60. The summed E-state index contributed by atoms with van der Waals surface area (Å²) in [6.07, 6.45) is 2.82. The largest absolute Gasteiger partial charge is 0.487 e. The topological polar surface area (TPSA) is 52.3 Å². The predicted molar refractivity (Wildman–Crippen MR) is 80.4 cm³/mol. The summed E-state index contributed by atoms with van der Waals surface area (Å²) in [4.78, 5) is 10.7. The van der Waals surface area contributed by atoms with Gasteiger partial charge in [-0.2, -0.15) is 0 Å². The van der Waals surface area contributed by atoms with E-state index in [4.69, 9.17) is 22.1 Å². The molecule has 1 amide bonds. The van der Waals surface area contributed by atoms with Gasteiger partial charge in [0.15, 0.2) is 0 Å². The SMILES string of the molecule is NC(=O)/C=C/c1ccc(OCc2ccc(F)cc2)c(Cl)c1. The molecule has 2 aromatic rings. The van der Waals surface area contributed by atoms with Gasteiger partial charge in [0.25, 0.3) is 0 Å². The highest BCUT2D eigenvalue weighted by Gasteiger charge is 2.03. The first kappa shape index (κ1) is 15.1. The van der Waals surface area contributed by atoms with Gasteiger partial charge in [0.2, 0.25) is 5.91 Å². The molecule has 21 heavy (non-hydrogen) atoms. The van der Waals surface area contributed by atoms with Gasteiger partial charge in [0.05, 0.1) is 5.02 Å². The lowest BCUT2D eigenvalue weighted by Gasteiger charge is -2.08. The van der Waals surface area contributed by atoms with Crippen molar-refractivity contribution >= 4 is 23.6 Å². The molecule has 0 aromatic heterocycles. The molecular formula is C16H13ClFNO2. The standard InChI is InChI=1S/C16H13ClFNO2/c17-14-9-11(4-8-16(19)20)3-7-15(14)21-10-12-1-5-13(18)6-2-12/h1-9H,10H2,(H2,19,20)/b8-4+. The third-order valence-corrected chi connectivity index (χ3v) is 3.00. The van der Waals surface area contributed by atoms with Crippen molar-refractivity contribution in [3.8, 4) is 5.75 Å². The van der Waals surface area contributed by atoms with E-state index >= 15 is 0 Å². The molecule has 2 N–H and O–H groups in total. The van der Waals surface area contributed by atoms with Gasteiger partial charge in [0, 0.05) is 6.08 Å². The first-order valence-corrected chi connectivity index (χ1v) is 6.57. The van der Waals surface area contributed by atoms with E-state index in [1.807, 2.05) is 0 Å². The molecule has 2 aromatic carbocycles. The van der Waals surface area contributed by atoms with E-state index in [1.165, 1.54) is 18.2 Å². The zero-order chi connectivity index (χ0) is 15.2. The van der Waals surface area contributed by atoms with Gasteiger partial charge in [-0.1, -0.05) is 29.8 Å². The zero-order valence-corrected chi connectivity index (χ0v) is 11.8. The molecule has 0 saturated heterocycles. The number of benzene rings is 2. The van der Waals surface area contributed by atoms with Gasteiger partial charge in [-0.3, -0.25) is 4.79 Å². The Morgan fingerprint density at radius 3 is 2.57 bits per heavy atom. The van der Waals surface area contributed by atoms with Crippen molar-refractivity contribution in [1.82, 2.24) is 0 Å². The number of ether oxygens (including phenoxy) is 1. The molecule has 0 fully saturated rings. The summed E-state index contributed by atoms with van der Waals surface area (Å²) < 4.78 is 18.4. The number of carbonyl (C=O) groups excluding carboxylic acids is 1. The van der Waals surface area contributed by atoms with Crippen LogP contribution in [0.4, 0.5) is 4.39 Å². The molecule has 0 aliphatic rings. The van der Waals surface area contributed by atoms with E-state index in [0.29, 0.717) is 10.8 Å². The summed E-state index contributed by atoms with van der Waals surface area (Å²) >= 11 is 6.10. The zero-order valence-electron chi connectivity index (χ0n) is 11.1. The molecule has 5 heteroatoms. The van der Waals surface area contributed by atoms with Gasteiger partial charge < -0.3 is 10.5 Å². The van der Waals surface area contributed by atoms with Crippen LogP contribution in [0.5, 0.6) is 5.75 Å². The van der Waals surface area contributed by atoms with Crippen molar-refractivity contribution in [2.45, 2.75) is 6.61 Å². The molecule has 108 valence electrons. The number of amides is 1. The number of halogens is 2. The molecule has 0 atom stereocenters. The molecule has 0 radical (unpaired) electrons. The lowest BCUT2D eigenvalue weighted by Crippen LogP contribution is -2.05. The molecule has 2 rings (SSSR count). The summed E-state index contributed by atoms with van der Waals surface area (Å²) in [6.45, 7) is 0.288. The molecule has 3 nitrogen and oxygen atoms in total. The molecule has 0 spiro atoms. The number of rotatable bonds is 5. The Labute approximate surface area is 126 Å². The fourth-order valence-corrected chi connectivity index (χ4v) is 1.90. The maximum Gasteiger partial charge on any atom is 0.241 e. The Hall–Kier alpha value is -2.33. The van der Waals surface area contributed by atoms with Crippen LogP contribution in [0.3, 0.4) is 0 Å². The van der Waals surface area contributed by atoms with Crippen LogP contribution in [0, 0.1) is 5.82 Å². The Morgan fingerprint density at radius 1 is 1.24 bits per heavy atom. The number of hydrogen-bond donors (Lipinski definition) is 1. The van der Waals surface area contributed by atoms with Gasteiger partial charge in [0.1, 0.15) is 18.2 Å². The van der Waals surface area contributed by atoms with E-state index in [0.717, 1.165) is 11.1 Å². The second-order valence-corrected chi connectivity index (χ2v) is 4.75. The second kappa shape index (κ2) is 6.90. The van der Waals surface area contributed by atoms with Crippen LogP contribution in [-0.4, -0.2) is 5.91 Å². The van der Waals surface area contributed by atoms with Crippen LogP contribution in [0.15, 0.2) is 48.5 Å². The van der Waals surface area contributed by atoms with Gasteiger partial charge in [-0.25, -0.2) is 4.39 Å².